The van der Waals surface area contributed by atoms with Gasteiger partial charge < -0.3 is 43.9 Å². The molecule has 5 aliphatic heterocycles. The van der Waals surface area contributed by atoms with Gasteiger partial charge in [-0.05, 0) is 134 Å². The number of carbonyl (C=O) groups is 3. The molecule has 11 rings (SSSR count). The third kappa shape index (κ3) is 8.08. The van der Waals surface area contributed by atoms with Crippen LogP contribution in [0.3, 0.4) is 0 Å². The third-order valence-electron chi connectivity index (χ3n) is 16.0. The molecule has 0 radical (unpaired) electrons. The number of pyridine rings is 2. The minimum atomic E-state index is -1.92. The van der Waals surface area contributed by atoms with Crippen molar-refractivity contribution in [3.05, 3.63) is 116 Å². The second-order valence-electron chi connectivity index (χ2n) is 20.5. The zero-order valence-corrected chi connectivity index (χ0v) is 41.4. The highest BCUT2D eigenvalue weighted by Gasteiger charge is 2.46. The topological polar surface area (TPSA) is 222 Å². The maximum Gasteiger partial charge on any atom is 0.415 e. The number of hydrogen-bond acceptors (Lipinski definition) is 12. The van der Waals surface area contributed by atoms with Crippen LogP contribution in [0.25, 0.3) is 33.2 Å². The fourth-order valence-electron chi connectivity index (χ4n) is 11.9. The quantitative estimate of drug-likeness (QED) is 0.0955. The van der Waals surface area contributed by atoms with Gasteiger partial charge in [-0.15, -0.1) is 5.10 Å². The van der Waals surface area contributed by atoms with Crippen LogP contribution >= 0.6 is 0 Å². The zero-order chi connectivity index (χ0) is 51.0. The molecule has 5 aliphatic rings. The molecule has 17 nitrogen and oxygen atoms in total. The largest absolute Gasteiger partial charge is 0.508 e. The Bertz CT molecular complexity index is 3400. The van der Waals surface area contributed by atoms with Crippen molar-refractivity contribution in [1.29, 1.82) is 0 Å². The number of aromatic hydroxyl groups is 2. The molecule has 378 valence electrons. The molecule has 3 atom stereocenters. The van der Waals surface area contributed by atoms with Gasteiger partial charge in [0.05, 0.1) is 34.7 Å². The first-order valence-electron chi connectivity index (χ1n) is 25.6. The van der Waals surface area contributed by atoms with Crippen LogP contribution in [0.2, 0.25) is 0 Å². The van der Waals surface area contributed by atoms with E-state index in [2.05, 4.69) is 21.0 Å². The highest BCUT2D eigenvalue weighted by molar-refractivity contribution is 6.20. The van der Waals surface area contributed by atoms with E-state index in [1.807, 2.05) is 49.9 Å². The number of piperidine rings is 2. The molecular weight excluding hydrogens is 931 g/mol. The fourth-order valence-corrected chi connectivity index (χ4v) is 11.9. The number of cyclic esters (lactones) is 1. The molecular formula is C56H59N7O10. The number of benzene rings is 3. The summed E-state index contributed by atoms with van der Waals surface area (Å²) in [6.07, 6.45) is 6.92. The van der Waals surface area contributed by atoms with Crippen LogP contribution in [0.4, 0.5) is 4.79 Å². The molecule has 3 aromatic heterocycles. The number of likely N-dealkylation sites (tertiary alicyclic amines) is 2. The molecule has 2 fully saturated rings. The number of carbonyl (C=O) groups excluding carboxylic acids is 3. The highest BCUT2D eigenvalue weighted by Crippen LogP contribution is 2.42. The SMILES string of the molecule is CCc1c2c(nc3ccc(OC(=O)N4CCCCC4C(=O)N4CCC(CCn5ccc6cc(C7C(O)=NN=C7c7cc(C(C)C)c(O)cc7O)ccc65)CC4)cc13)-c1cc3c(c(=O)n1C2)COC(=O)[C@]3(O)CC. The zero-order valence-electron chi connectivity index (χ0n) is 41.4. The van der Waals surface area contributed by atoms with Crippen molar-refractivity contribution in [3.8, 4) is 28.6 Å². The van der Waals surface area contributed by atoms with Gasteiger partial charge in [0.25, 0.3) is 5.56 Å². The van der Waals surface area contributed by atoms with Crippen molar-refractivity contribution in [1.82, 2.24) is 23.9 Å². The lowest BCUT2D eigenvalue weighted by atomic mass is 9.86. The van der Waals surface area contributed by atoms with E-state index in [0.717, 1.165) is 71.6 Å². The lowest BCUT2D eigenvalue weighted by Crippen LogP contribution is -2.55. The number of aliphatic hydroxyl groups is 2. The molecule has 2 amide bonds. The predicted octanol–water partition coefficient (Wildman–Crippen LogP) is 8.27. The Balaban J connectivity index is 0.728. The number of esters is 1. The second-order valence-corrected chi connectivity index (χ2v) is 20.5. The number of aromatic nitrogens is 3. The van der Waals surface area contributed by atoms with Gasteiger partial charge in [0, 0.05) is 66.0 Å². The summed E-state index contributed by atoms with van der Waals surface area (Å²) >= 11 is 0. The van der Waals surface area contributed by atoms with Crippen LogP contribution in [0, 0.1) is 5.92 Å². The molecule has 2 saturated heterocycles. The molecule has 17 heteroatoms. The van der Waals surface area contributed by atoms with Crippen molar-refractivity contribution >= 4 is 51.4 Å². The van der Waals surface area contributed by atoms with E-state index >= 15 is 0 Å². The first kappa shape index (κ1) is 47.8. The first-order chi connectivity index (χ1) is 35.2. The van der Waals surface area contributed by atoms with Crippen LogP contribution < -0.4 is 10.3 Å². The summed E-state index contributed by atoms with van der Waals surface area (Å²) in [5.74, 6) is -1.07. The number of aryl methyl sites for hydroxylation is 2. The number of amides is 2. The van der Waals surface area contributed by atoms with Crippen molar-refractivity contribution in [2.75, 3.05) is 19.6 Å². The van der Waals surface area contributed by atoms with Gasteiger partial charge in [0.1, 0.15) is 35.8 Å². The van der Waals surface area contributed by atoms with Crippen LogP contribution in [0.5, 0.6) is 17.2 Å². The number of rotatable bonds is 10. The number of aliphatic hydroxyl groups excluding tert-OH is 1. The number of phenols is 2. The molecule has 0 aliphatic carbocycles. The Labute approximate surface area is 421 Å². The van der Waals surface area contributed by atoms with E-state index in [4.69, 9.17) is 14.5 Å². The smallest absolute Gasteiger partial charge is 0.415 e. The maximum atomic E-state index is 14.2. The maximum absolute atomic E-state index is 14.2. The summed E-state index contributed by atoms with van der Waals surface area (Å²) in [4.78, 5) is 63.2. The normalized spacial score (nSPS) is 20.8. The average molecular weight is 990 g/mol. The highest BCUT2D eigenvalue weighted by atomic mass is 16.6. The summed E-state index contributed by atoms with van der Waals surface area (Å²) in [7, 11) is 0. The average Bonchev–Trinajstić information content (AvgIpc) is 4.10. The first-order valence-corrected chi connectivity index (χ1v) is 25.6. The minimum Gasteiger partial charge on any atom is -0.508 e. The van der Waals surface area contributed by atoms with Crippen LogP contribution in [0.15, 0.2) is 81.9 Å². The van der Waals surface area contributed by atoms with Gasteiger partial charge in [0.15, 0.2) is 5.60 Å². The van der Waals surface area contributed by atoms with Gasteiger partial charge >= 0.3 is 12.1 Å². The van der Waals surface area contributed by atoms with Gasteiger partial charge in [-0.3, -0.25) is 14.5 Å². The Hall–Kier alpha value is -7.53. The number of hydrogen-bond donors (Lipinski definition) is 4. The van der Waals surface area contributed by atoms with E-state index < -0.39 is 29.6 Å². The van der Waals surface area contributed by atoms with Gasteiger partial charge in [0.2, 0.25) is 11.8 Å². The summed E-state index contributed by atoms with van der Waals surface area (Å²) in [6.45, 7) is 10.1. The van der Waals surface area contributed by atoms with E-state index in [1.165, 1.54) is 6.07 Å². The lowest BCUT2D eigenvalue weighted by molar-refractivity contribution is -0.172. The van der Waals surface area contributed by atoms with E-state index in [0.29, 0.717) is 77.9 Å². The van der Waals surface area contributed by atoms with Crippen molar-refractivity contribution < 1.29 is 44.3 Å². The Kier molecular flexibility index (Phi) is 12.1. The Morgan fingerprint density at radius 3 is 2.48 bits per heavy atom. The predicted molar refractivity (Wildman–Crippen MR) is 273 cm³/mol. The second kappa shape index (κ2) is 18.5. The standard InChI is InChI=1S/C56H59N7O10/c1-5-35-37-24-34(11-12-42(37)57-49-39(35)28-63-45(49)26-41-40(52(63)67)29-72-54(69)56(41,71)6-2)73-55(70)62-18-8-7-9-44(62)53(68)61-20-15-31(16-21-61)14-19-60-22-17-32-23-33(10-13-43(32)60)48-50(58-59-51(48)66)38-25-36(30(3)4)46(64)27-47(38)65/h10-13,17,22-27,30-31,44,48,64-65,71H,5-9,14-16,18-21,28-29H2,1-4H3,(H,59,66)/t44?,48?,56-/m0/s1. The molecule has 0 bridgehead atoms. The van der Waals surface area contributed by atoms with Crippen LogP contribution in [-0.4, -0.2) is 99.6 Å². The summed E-state index contributed by atoms with van der Waals surface area (Å²) in [6, 6.07) is 17.4. The van der Waals surface area contributed by atoms with Gasteiger partial charge in [-0.2, -0.15) is 5.10 Å². The fraction of sp³-hybridized carbons (Fsp3) is 0.411. The minimum absolute atomic E-state index is 0.000734. The number of nitrogens with zero attached hydrogens (tertiary/aromatic N) is 7. The van der Waals surface area contributed by atoms with Gasteiger partial charge in [-0.1, -0.05) is 33.8 Å². The Morgan fingerprint density at radius 2 is 1.71 bits per heavy atom. The third-order valence-corrected chi connectivity index (χ3v) is 16.0. The number of ether oxygens (including phenoxy) is 2. The summed E-state index contributed by atoms with van der Waals surface area (Å²) < 4.78 is 15.1. The molecule has 0 saturated carbocycles. The van der Waals surface area contributed by atoms with E-state index in [-0.39, 0.29) is 65.5 Å². The van der Waals surface area contributed by atoms with Crippen LogP contribution in [0.1, 0.15) is 123 Å². The lowest BCUT2D eigenvalue weighted by Gasteiger charge is -2.39. The number of phenolic OH excluding ortho intramolecular Hbond substituents is 2. The molecule has 2 unspecified atom stereocenters. The van der Waals surface area contributed by atoms with E-state index in [1.54, 1.807) is 46.7 Å². The van der Waals surface area contributed by atoms with Crippen molar-refractivity contribution in [2.24, 2.45) is 16.1 Å². The molecule has 8 heterocycles. The molecule has 4 N–H and O–H groups in total. The molecule has 3 aromatic carbocycles. The van der Waals surface area contributed by atoms with E-state index in [9.17, 15) is 39.6 Å². The van der Waals surface area contributed by atoms with Crippen LogP contribution in [-0.2, 0) is 46.0 Å². The summed E-state index contributed by atoms with van der Waals surface area (Å²) in [5, 5.41) is 53.4. The molecule has 73 heavy (non-hydrogen) atoms. The van der Waals surface area contributed by atoms with Crippen molar-refractivity contribution in [2.45, 2.75) is 122 Å². The monoisotopic (exact) mass is 989 g/mol. The summed E-state index contributed by atoms with van der Waals surface area (Å²) in [5.41, 5.74) is 5.13. The molecule has 0 spiro atoms. The number of fused-ring (bicyclic) bond motifs is 6. The molecule has 6 aromatic rings. The van der Waals surface area contributed by atoms with Gasteiger partial charge in [-0.25, -0.2) is 14.6 Å². The van der Waals surface area contributed by atoms with Crippen molar-refractivity contribution in [3.63, 3.8) is 0 Å². The Morgan fingerprint density at radius 1 is 0.904 bits per heavy atom.